The molecule has 0 saturated heterocycles. The van der Waals surface area contributed by atoms with Gasteiger partial charge in [0.05, 0.1) is 17.6 Å². The number of methoxy groups -OCH3 is 1. The molecule has 0 aliphatic heterocycles. The van der Waals surface area contributed by atoms with Crippen molar-refractivity contribution in [2.75, 3.05) is 13.7 Å². The van der Waals surface area contributed by atoms with E-state index in [0.717, 1.165) is 5.56 Å². The zero-order chi connectivity index (χ0) is 17.6. The number of rotatable bonds is 7. The summed E-state index contributed by atoms with van der Waals surface area (Å²) >= 11 is 6.07. The zero-order valence-electron chi connectivity index (χ0n) is 13.2. The van der Waals surface area contributed by atoms with Crippen LogP contribution in [0.25, 0.3) is 0 Å². The van der Waals surface area contributed by atoms with Crippen molar-refractivity contribution in [3.63, 3.8) is 0 Å². The van der Waals surface area contributed by atoms with Crippen molar-refractivity contribution in [3.8, 4) is 0 Å². The molecule has 0 bridgehead atoms. The molecule has 0 fully saturated rings. The van der Waals surface area contributed by atoms with E-state index in [1.165, 1.54) is 31.4 Å². The summed E-state index contributed by atoms with van der Waals surface area (Å²) in [7, 11) is -2.43. The fourth-order valence-corrected chi connectivity index (χ4v) is 3.53. The highest BCUT2D eigenvalue weighted by molar-refractivity contribution is 7.89. The van der Waals surface area contributed by atoms with Crippen LogP contribution in [0, 0.1) is 0 Å². The maximum atomic E-state index is 12.3. The molecule has 1 N–H and O–H groups in total. The quantitative estimate of drug-likeness (QED) is 0.603. The number of carbonyl (C=O) groups is 1. The molecule has 5 nitrogen and oxygen atoms in total. The lowest BCUT2D eigenvalue weighted by atomic mass is 10.1. The highest BCUT2D eigenvalue weighted by Crippen LogP contribution is 2.17. The smallest absolute Gasteiger partial charge is 0.337 e. The maximum absolute atomic E-state index is 12.3. The second-order valence-corrected chi connectivity index (χ2v) is 7.29. The van der Waals surface area contributed by atoms with Crippen LogP contribution in [0.1, 0.15) is 22.3 Å². The molecule has 24 heavy (non-hydrogen) atoms. The van der Waals surface area contributed by atoms with Gasteiger partial charge in [-0.25, -0.2) is 17.9 Å². The van der Waals surface area contributed by atoms with Gasteiger partial charge in [0, 0.05) is 11.6 Å². The van der Waals surface area contributed by atoms with Crippen molar-refractivity contribution in [2.45, 2.75) is 17.7 Å². The molecule has 7 heteroatoms. The molecule has 0 unspecified atom stereocenters. The number of sulfonamides is 1. The van der Waals surface area contributed by atoms with Crippen molar-refractivity contribution >= 4 is 27.6 Å². The van der Waals surface area contributed by atoms with Crippen molar-refractivity contribution in [2.24, 2.45) is 0 Å². The Bertz CT molecular complexity index is 821. The summed E-state index contributed by atoms with van der Waals surface area (Å²) in [6.45, 7) is 0.274. The molecule has 0 atom stereocenters. The molecular weight excluding hydrogens is 350 g/mol. The first kappa shape index (κ1) is 18.4. The van der Waals surface area contributed by atoms with E-state index in [1.807, 2.05) is 18.2 Å². The molecule has 0 spiro atoms. The van der Waals surface area contributed by atoms with E-state index in [4.69, 9.17) is 11.6 Å². The first-order valence-corrected chi connectivity index (χ1v) is 9.21. The number of nitrogens with one attached hydrogen (secondary N) is 1. The summed E-state index contributed by atoms with van der Waals surface area (Å²) in [4.78, 5) is 11.5. The maximum Gasteiger partial charge on any atom is 0.337 e. The zero-order valence-corrected chi connectivity index (χ0v) is 14.7. The number of benzene rings is 2. The van der Waals surface area contributed by atoms with Gasteiger partial charge in [-0.15, -0.1) is 0 Å². The monoisotopic (exact) mass is 367 g/mol. The van der Waals surface area contributed by atoms with E-state index in [0.29, 0.717) is 17.9 Å². The van der Waals surface area contributed by atoms with Crippen molar-refractivity contribution in [1.29, 1.82) is 0 Å². The third-order valence-corrected chi connectivity index (χ3v) is 5.27. The van der Waals surface area contributed by atoms with Gasteiger partial charge in [0.25, 0.3) is 0 Å². The standard InChI is InChI=1S/C17H18ClNO4S/c1-23-17(20)14-7-4-9-15(12-14)24(21,22)19-11-5-8-13-6-2-3-10-16(13)18/h2-4,6-7,9-10,12,19H,5,8,11H2,1H3. The van der Waals surface area contributed by atoms with Gasteiger partial charge in [0.15, 0.2) is 0 Å². The van der Waals surface area contributed by atoms with Gasteiger partial charge in [0.2, 0.25) is 10.0 Å². The second-order valence-electron chi connectivity index (χ2n) is 5.11. The van der Waals surface area contributed by atoms with Crippen LogP contribution in [-0.4, -0.2) is 28.0 Å². The Morgan fingerprint density at radius 2 is 1.92 bits per heavy atom. The van der Waals surface area contributed by atoms with E-state index in [2.05, 4.69) is 9.46 Å². The lowest BCUT2D eigenvalue weighted by molar-refractivity contribution is 0.0600. The molecule has 128 valence electrons. The normalized spacial score (nSPS) is 11.2. The minimum absolute atomic E-state index is 0.0307. The molecule has 0 aliphatic rings. The molecule has 0 aliphatic carbocycles. The average molecular weight is 368 g/mol. The number of esters is 1. The largest absolute Gasteiger partial charge is 0.465 e. The first-order valence-electron chi connectivity index (χ1n) is 7.35. The number of carbonyl (C=O) groups excluding carboxylic acids is 1. The van der Waals surface area contributed by atoms with Gasteiger partial charge < -0.3 is 4.74 Å². The van der Waals surface area contributed by atoms with Crippen LogP contribution in [-0.2, 0) is 21.2 Å². The number of hydrogen-bond acceptors (Lipinski definition) is 4. The van der Waals surface area contributed by atoms with Crippen molar-refractivity contribution in [3.05, 3.63) is 64.7 Å². The third-order valence-electron chi connectivity index (χ3n) is 3.44. The molecular formula is C17H18ClNO4S. The Hall–Kier alpha value is -1.89. The van der Waals surface area contributed by atoms with Gasteiger partial charge in [0.1, 0.15) is 0 Å². The van der Waals surface area contributed by atoms with Crippen molar-refractivity contribution in [1.82, 2.24) is 4.72 Å². The van der Waals surface area contributed by atoms with Crippen LogP contribution in [0.4, 0.5) is 0 Å². The van der Waals surface area contributed by atoms with E-state index in [-0.39, 0.29) is 17.0 Å². The Labute approximate surface area is 146 Å². The predicted octanol–water partition coefficient (Wildman–Crippen LogP) is 3.04. The molecule has 2 rings (SSSR count). The highest BCUT2D eigenvalue weighted by atomic mass is 35.5. The van der Waals surface area contributed by atoms with Crippen LogP contribution in [0.15, 0.2) is 53.4 Å². The number of hydrogen-bond donors (Lipinski definition) is 1. The topological polar surface area (TPSA) is 72.5 Å². The van der Waals surface area contributed by atoms with E-state index >= 15 is 0 Å². The van der Waals surface area contributed by atoms with Crippen LogP contribution in [0.3, 0.4) is 0 Å². The van der Waals surface area contributed by atoms with Crippen LogP contribution >= 0.6 is 11.6 Å². The summed E-state index contributed by atoms with van der Waals surface area (Å²) in [5, 5.41) is 0.672. The van der Waals surface area contributed by atoms with E-state index in [9.17, 15) is 13.2 Å². The van der Waals surface area contributed by atoms with Crippen LogP contribution in [0.2, 0.25) is 5.02 Å². The van der Waals surface area contributed by atoms with Gasteiger partial charge in [-0.3, -0.25) is 0 Å². The molecule has 0 aromatic heterocycles. The molecule has 0 saturated carbocycles. The number of aryl methyl sites for hydroxylation is 1. The number of halogens is 1. The van der Waals surface area contributed by atoms with Gasteiger partial charge in [-0.2, -0.15) is 0 Å². The van der Waals surface area contributed by atoms with Crippen molar-refractivity contribution < 1.29 is 17.9 Å². The summed E-state index contributed by atoms with van der Waals surface area (Å²) in [6, 6.07) is 13.2. The van der Waals surface area contributed by atoms with Gasteiger partial charge in [-0.1, -0.05) is 35.9 Å². The summed E-state index contributed by atoms with van der Waals surface area (Å²) in [5.74, 6) is -0.578. The lowest BCUT2D eigenvalue weighted by Gasteiger charge is -2.08. The first-order chi connectivity index (χ1) is 11.4. The Morgan fingerprint density at radius 1 is 1.17 bits per heavy atom. The fourth-order valence-electron chi connectivity index (χ4n) is 2.18. The van der Waals surface area contributed by atoms with Gasteiger partial charge in [-0.05, 0) is 42.7 Å². The lowest BCUT2D eigenvalue weighted by Crippen LogP contribution is -2.25. The summed E-state index contributed by atoms with van der Waals surface area (Å²) in [6.07, 6.45) is 1.28. The average Bonchev–Trinajstić information content (AvgIpc) is 2.59. The fraction of sp³-hybridized carbons (Fsp3) is 0.235. The third kappa shape index (κ3) is 4.80. The van der Waals surface area contributed by atoms with E-state index < -0.39 is 16.0 Å². The second kappa shape index (κ2) is 8.28. The molecule has 0 amide bonds. The SMILES string of the molecule is COC(=O)c1cccc(S(=O)(=O)NCCCc2ccccc2Cl)c1. The van der Waals surface area contributed by atoms with Crippen LogP contribution in [0.5, 0.6) is 0 Å². The number of ether oxygens (including phenoxy) is 1. The molecule has 2 aromatic rings. The Morgan fingerprint density at radius 3 is 2.62 bits per heavy atom. The minimum atomic E-state index is -3.68. The molecule has 0 heterocycles. The molecule has 0 radical (unpaired) electrons. The van der Waals surface area contributed by atoms with Crippen LogP contribution < -0.4 is 4.72 Å². The summed E-state index contributed by atoms with van der Waals surface area (Å²) < 4.78 is 31.7. The predicted molar refractivity (Wildman–Crippen MR) is 92.7 cm³/mol. The Kier molecular flexibility index (Phi) is 6.36. The van der Waals surface area contributed by atoms with Gasteiger partial charge >= 0.3 is 5.97 Å². The highest BCUT2D eigenvalue weighted by Gasteiger charge is 2.16. The van der Waals surface area contributed by atoms with E-state index in [1.54, 1.807) is 6.07 Å². The molecule has 2 aromatic carbocycles. The Balaban J connectivity index is 1.96. The summed E-state index contributed by atoms with van der Waals surface area (Å²) in [5.41, 5.74) is 1.17. The minimum Gasteiger partial charge on any atom is -0.465 e.